The molecule has 3 aromatic rings. The van der Waals surface area contributed by atoms with Crippen molar-refractivity contribution in [2.75, 3.05) is 27.2 Å². The SMILES string of the molecule is CN(C)CCC(C)(N)c1nc(-c2ncn3c2[C@@H]2CCCN2C(=O)c2ccccc2-3)no1. The van der Waals surface area contributed by atoms with Crippen molar-refractivity contribution in [3.8, 4) is 17.2 Å². The lowest BCUT2D eigenvalue weighted by Crippen LogP contribution is -2.36. The Kier molecular flexibility index (Phi) is 4.67. The number of rotatable bonds is 5. The van der Waals surface area contributed by atoms with Crippen molar-refractivity contribution in [2.24, 2.45) is 5.73 Å². The third-order valence-corrected chi connectivity index (χ3v) is 6.23. The monoisotopic (exact) mass is 421 g/mol. The Morgan fingerprint density at radius 1 is 1.32 bits per heavy atom. The zero-order chi connectivity index (χ0) is 21.8. The van der Waals surface area contributed by atoms with Crippen molar-refractivity contribution >= 4 is 5.91 Å². The van der Waals surface area contributed by atoms with Crippen LogP contribution in [-0.2, 0) is 5.54 Å². The summed E-state index contributed by atoms with van der Waals surface area (Å²) in [5, 5.41) is 4.22. The van der Waals surface area contributed by atoms with Gasteiger partial charge in [0.05, 0.1) is 28.5 Å². The lowest BCUT2D eigenvalue weighted by molar-refractivity contribution is 0.0739. The van der Waals surface area contributed by atoms with Crippen LogP contribution in [0.5, 0.6) is 0 Å². The summed E-state index contributed by atoms with van der Waals surface area (Å²) in [6.07, 6.45) is 4.26. The first kappa shape index (κ1) is 19.9. The van der Waals surface area contributed by atoms with E-state index >= 15 is 0 Å². The first-order chi connectivity index (χ1) is 14.9. The third-order valence-electron chi connectivity index (χ3n) is 6.23. The van der Waals surface area contributed by atoms with Crippen molar-refractivity contribution in [2.45, 2.75) is 37.8 Å². The molecular weight excluding hydrogens is 394 g/mol. The average Bonchev–Trinajstić information content (AvgIpc) is 3.49. The van der Waals surface area contributed by atoms with E-state index in [1.54, 1.807) is 6.33 Å². The van der Waals surface area contributed by atoms with Crippen LogP contribution in [0.1, 0.15) is 54.2 Å². The number of hydrogen-bond donors (Lipinski definition) is 1. The molecule has 1 unspecified atom stereocenters. The quantitative estimate of drug-likeness (QED) is 0.674. The highest BCUT2D eigenvalue weighted by Gasteiger charge is 2.40. The normalized spacial score (nSPS) is 19.7. The fourth-order valence-corrected chi connectivity index (χ4v) is 4.47. The van der Waals surface area contributed by atoms with Gasteiger partial charge in [0, 0.05) is 6.54 Å². The van der Waals surface area contributed by atoms with Crippen LogP contribution in [0.25, 0.3) is 17.2 Å². The lowest BCUT2D eigenvalue weighted by Gasteiger charge is -2.22. The van der Waals surface area contributed by atoms with Gasteiger partial charge in [-0.2, -0.15) is 4.98 Å². The fraction of sp³-hybridized carbons (Fsp3) is 0.455. The van der Waals surface area contributed by atoms with Crippen LogP contribution >= 0.6 is 0 Å². The number of hydrogen-bond acceptors (Lipinski definition) is 7. The van der Waals surface area contributed by atoms with E-state index in [-0.39, 0.29) is 11.9 Å². The molecule has 2 N–H and O–H groups in total. The van der Waals surface area contributed by atoms with Crippen molar-refractivity contribution in [3.05, 3.63) is 47.7 Å². The zero-order valence-corrected chi connectivity index (χ0v) is 18.1. The average molecular weight is 422 g/mol. The lowest BCUT2D eigenvalue weighted by atomic mass is 9.99. The van der Waals surface area contributed by atoms with Crippen LogP contribution in [0.15, 0.2) is 35.1 Å². The van der Waals surface area contributed by atoms with Crippen LogP contribution in [-0.4, -0.2) is 62.6 Å². The second-order valence-corrected chi connectivity index (χ2v) is 8.92. The van der Waals surface area contributed by atoms with Gasteiger partial charge in [0.1, 0.15) is 12.0 Å². The van der Waals surface area contributed by atoms with E-state index in [2.05, 4.69) is 20.0 Å². The Bertz CT molecular complexity index is 1130. The van der Waals surface area contributed by atoms with Crippen molar-refractivity contribution in [1.29, 1.82) is 0 Å². The molecule has 5 rings (SSSR count). The Morgan fingerprint density at radius 3 is 2.94 bits per heavy atom. The van der Waals surface area contributed by atoms with E-state index in [1.165, 1.54) is 0 Å². The number of carbonyl (C=O) groups excluding carboxylic acids is 1. The molecule has 9 heteroatoms. The Balaban J connectivity index is 1.59. The number of nitrogens with zero attached hydrogens (tertiary/aromatic N) is 6. The summed E-state index contributed by atoms with van der Waals surface area (Å²) in [4.78, 5) is 26.5. The van der Waals surface area contributed by atoms with E-state index in [9.17, 15) is 4.79 Å². The molecule has 4 heterocycles. The molecule has 2 aliphatic heterocycles. The Morgan fingerprint density at radius 2 is 2.13 bits per heavy atom. The van der Waals surface area contributed by atoms with Crippen molar-refractivity contribution in [1.82, 2.24) is 29.5 Å². The van der Waals surface area contributed by atoms with Gasteiger partial charge in [-0.3, -0.25) is 9.36 Å². The number of carbonyl (C=O) groups is 1. The van der Waals surface area contributed by atoms with Gasteiger partial charge in [-0.15, -0.1) is 0 Å². The van der Waals surface area contributed by atoms with E-state index in [0.717, 1.165) is 37.3 Å². The molecule has 0 bridgehead atoms. The summed E-state index contributed by atoms with van der Waals surface area (Å²) in [5.74, 6) is 0.850. The van der Waals surface area contributed by atoms with Crippen LogP contribution in [0, 0.1) is 0 Å². The molecule has 0 saturated carbocycles. The highest BCUT2D eigenvalue weighted by molar-refractivity contribution is 5.99. The molecule has 31 heavy (non-hydrogen) atoms. The second kappa shape index (κ2) is 7.28. The van der Waals surface area contributed by atoms with Crippen molar-refractivity contribution < 1.29 is 9.32 Å². The molecule has 1 saturated heterocycles. The van der Waals surface area contributed by atoms with E-state index in [4.69, 9.17) is 10.3 Å². The van der Waals surface area contributed by atoms with Crippen LogP contribution in [0.2, 0.25) is 0 Å². The van der Waals surface area contributed by atoms with Gasteiger partial charge in [-0.25, -0.2) is 4.98 Å². The number of aromatic nitrogens is 4. The minimum atomic E-state index is -0.742. The summed E-state index contributed by atoms with van der Waals surface area (Å²) >= 11 is 0. The molecule has 9 nitrogen and oxygen atoms in total. The number of nitrogens with two attached hydrogens (primary N) is 1. The summed E-state index contributed by atoms with van der Waals surface area (Å²) in [6.45, 7) is 3.43. The van der Waals surface area contributed by atoms with Gasteiger partial charge in [0.25, 0.3) is 5.91 Å². The summed E-state index contributed by atoms with van der Waals surface area (Å²) in [6, 6.07) is 7.58. The number of fused-ring (bicyclic) bond motifs is 5. The molecule has 0 radical (unpaired) electrons. The molecule has 2 atom stereocenters. The first-order valence-corrected chi connectivity index (χ1v) is 10.6. The maximum atomic E-state index is 13.2. The molecule has 1 amide bonds. The van der Waals surface area contributed by atoms with Gasteiger partial charge in [-0.1, -0.05) is 17.3 Å². The largest absolute Gasteiger partial charge is 0.337 e. The number of benzene rings is 1. The zero-order valence-electron chi connectivity index (χ0n) is 18.1. The molecule has 162 valence electrons. The maximum absolute atomic E-state index is 13.2. The standard InChI is InChI=1S/C22H27N7O2/c1-22(23,10-12-27(2)3)21-25-19(26-31-21)17-18-16-9-6-11-28(16)20(30)14-7-4-5-8-15(14)29(18)13-24-17/h4-5,7-8,13,16H,6,9-12,23H2,1-3H3/t16-,22?/m0/s1. The molecular formula is C22H27N7O2. The maximum Gasteiger partial charge on any atom is 0.256 e. The third kappa shape index (κ3) is 3.24. The minimum Gasteiger partial charge on any atom is -0.337 e. The number of amides is 1. The Hall–Kier alpha value is -3.04. The summed E-state index contributed by atoms with van der Waals surface area (Å²) < 4.78 is 7.58. The topological polar surface area (TPSA) is 106 Å². The molecule has 2 aliphatic rings. The van der Waals surface area contributed by atoms with Crippen LogP contribution in [0.3, 0.4) is 0 Å². The molecule has 0 aliphatic carbocycles. The van der Waals surface area contributed by atoms with E-state index < -0.39 is 5.54 Å². The summed E-state index contributed by atoms with van der Waals surface area (Å²) in [7, 11) is 4.00. The van der Waals surface area contributed by atoms with Gasteiger partial charge < -0.3 is 20.1 Å². The van der Waals surface area contributed by atoms with Gasteiger partial charge in [0.2, 0.25) is 11.7 Å². The predicted octanol–water partition coefficient (Wildman–Crippen LogP) is 2.34. The smallest absolute Gasteiger partial charge is 0.256 e. The van der Waals surface area contributed by atoms with Gasteiger partial charge in [-0.05, 0) is 59.0 Å². The van der Waals surface area contributed by atoms with E-state index in [1.807, 2.05) is 54.8 Å². The number of para-hydroxylation sites is 1. The van der Waals surface area contributed by atoms with Gasteiger partial charge >= 0.3 is 0 Å². The minimum absolute atomic E-state index is 0.0553. The highest BCUT2D eigenvalue weighted by Crippen LogP contribution is 2.41. The van der Waals surface area contributed by atoms with Crippen LogP contribution < -0.4 is 5.73 Å². The highest BCUT2D eigenvalue weighted by atomic mass is 16.5. The summed E-state index contributed by atoms with van der Waals surface area (Å²) in [5.41, 5.74) is 8.82. The Labute approximate surface area is 180 Å². The van der Waals surface area contributed by atoms with Crippen molar-refractivity contribution in [3.63, 3.8) is 0 Å². The molecule has 1 aromatic carbocycles. The first-order valence-electron chi connectivity index (χ1n) is 10.6. The van der Waals surface area contributed by atoms with E-state index in [0.29, 0.717) is 29.4 Å². The van der Waals surface area contributed by atoms with Crippen LogP contribution in [0.4, 0.5) is 0 Å². The number of imidazole rings is 1. The molecule has 2 aromatic heterocycles. The molecule has 0 spiro atoms. The van der Waals surface area contributed by atoms with Gasteiger partial charge in [0.15, 0.2) is 0 Å². The second-order valence-electron chi connectivity index (χ2n) is 8.92. The molecule has 1 fully saturated rings. The fourth-order valence-electron chi connectivity index (χ4n) is 4.47. The predicted molar refractivity (Wildman–Crippen MR) is 115 cm³/mol.